The Morgan fingerprint density at radius 3 is 1.95 bits per heavy atom. The van der Waals surface area contributed by atoms with Gasteiger partial charge in [0.25, 0.3) is 0 Å². The Morgan fingerprint density at radius 2 is 1.44 bits per heavy atom. The van der Waals surface area contributed by atoms with Crippen LogP contribution in [0.3, 0.4) is 0 Å². The number of nitrogen functional groups attached to an aromatic ring is 1. The fraction of sp³-hybridized carbons (Fsp3) is 0.857. The molecule has 1 aromatic rings. The fourth-order valence-electron chi connectivity index (χ4n) is 4.14. The molecule has 0 aromatic carbocycles. The summed E-state index contributed by atoms with van der Waals surface area (Å²) in [6, 6.07) is 1.45. The lowest BCUT2D eigenvalue weighted by atomic mass is 10.1. The second kappa shape index (κ2) is 27.0. The van der Waals surface area contributed by atoms with Crippen LogP contribution in [0.2, 0.25) is 0 Å². The topological polar surface area (TPSA) is 172 Å². The second-order valence-electron chi connectivity index (χ2n) is 10.3. The number of nitrogens with two attached hydrogens (primary N) is 1. The van der Waals surface area contributed by atoms with E-state index < -0.39 is 32.3 Å². The maximum Gasteiger partial charge on any atom is 0.353 e. The lowest BCUT2D eigenvalue weighted by molar-refractivity contribution is 0.0167. The fourth-order valence-corrected chi connectivity index (χ4v) is 7.33. The number of aliphatic hydroxyl groups is 1. The number of unbranched alkanes of at least 4 members (excludes halogenated alkanes) is 14. The van der Waals surface area contributed by atoms with Gasteiger partial charge in [-0.1, -0.05) is 112 Å². The Labute approximate surface area is 255 Å². The number of aliphatic hydroxyl groups excluding tert-OH is 1. The number of hydrogen-bond acceptors (Lipinski definition) is 10. The van der Waals surface area contributed by atoms with Crippen molar-refractivity contribution in [2.24, 2.45) is 0 Å². The van der Waals surface area contributed by atoms with E-state index in [0.717, 1.165) is 25.0 Å². The molecule has 13 heteroatoms. The van der Waals surface area contributed by atoms with Crippen molar-refractivity contribution in [2.75, 3.05) is 36.8 Å². The molecule has 0 amide bonds. The molecule has 10 nitrogen and oxygen atoms in total. The molecule has 1 rings (SSSR count). The van der Waals surface area contributed by atoms with Crippen LogP contribution < -0.4 is 17.6 Å². The van der Waals surface area contributed by atoms with E-state index in [1.807, 2.05) is 21.6 Å². The summed E-state index contributed by atoms with van der Waals surface area (Å²) in [5.41, 5.74) is 4.88. The maximum atomic E-state index is 12.2. The molecule has 0 spiro atoms. The lowest BCUT2D eigenvalue weighted by Crippen LogP contribution is -2.32. The average Bonchev–Trinajstić information content (AvgIpc) is 2.93. The maximum absolute atomic E-state index is 12.2. The molecule has 1 aromatic heterocycles. The molecule has 1 unspecified atom stereocenters. The summed E-state index contributed by atoms with van der Waals surface area (Å²) in [6.45, 7) is 2.01. The minimum absolute atomic E-state index is 0. The third-order valence-electron chi connectivity index (χ3n) is 6.55. The minimum Gasteiger partial charge on any atom is -0.394 e. The molecule has 0 fully saturated rings. The van der Waals surface area contributed by atoms with Crippen LogP contribution >= 0.6 is 29.2 Å². The summed E-state index contributed by atoms with van der Waals surface area (Å²) < 4.78 is 23.9. The Morgan fingerprint density at radius 1 is 0.927 bits per heavy atom. The van der Waals surface area contributed by atoms with Crippen LogP contribution in [0.5, 0.6) is 0 Å². The van der Waals surface area contributed by atoms with E-state index in [2.05, 4.69) is 11.9 Å². The molecule has 242 valence electrons. The smallest absolute Gasteiger partial charge is 0.353 e. The van der Waals surface area contributed by atoms with Gasteiger partial charge in [-0.2, -0.15) is 4.98 Å². The van der Waals surface area contributed by atoms with Crippen molar-refractivity contribution in [3.63, 3.8) is 0 Å². The van der Waals surface area contributed by atoms with Gasteiger partial charge in [0.2, 0.25) is 0 Å². The SMILES string of the molecule is CCCCCCCCCCCCCCSSCCCCCCOP(=O)(O)CO[C@H](CO)Cn1ccc(N)nc1=O.N. The Kier molecular flexibility index (Phi) is 26.6. The first-order valence-electron chi connectivity index (χ1n) is 15.1. The number of aromatic nitrogens is 2. The van der Waals surface area contributed by atoms with Crippen molar-refractivity contribution in [3.8, 4) is 0 Å². The third-order valence-corrected chi connectivity index (χ3v) is 10.2. The lowest BCUT2D eigenvalue weighted by Gasteiger charge is -2.19. The largest absolute Gasteiger partial charge is 0.394 e. The van der Waals surface area contributed by atoms with Crippen LogP contribution in [0.25, 0.3) is 0 Å². The van der Waals surface area contributed by atoms with E-state index in [-0.39, 0.29) is 25.1 Å². The van der Waals surface area contributed by atoms with E-state index in [4.69, 9.17) is 15.0 Å². The summed E-state index contributed by atoms with van der Waals surface area (Å²) in [6.07, 6.45) is 20.5. The van der Waals surface area contributed by atoms with Gasteiger partial charge < -0.3 is 31.1 Å². The molecule has 0 radical (unpaired) electrons. The zero-order valence-corrected chi connectivity index (χ0v) is 27.8. The van der Waals surface area contributed by atoms with Crippen molar-refractivity contribution >= 4 is 35.0 Å². The predicted octanol–water partition coefficient (Wildman–Crippen LogP) is 7.17. The highest BCUT2D eigenvalue weighted by molar-refractivity contribution is 8.76. The minimum atomic E-state index is -3.94. The van der Waals surface area contributed by atoms with Crippen molar-refractivity contribution in [1.29, 1.82) is 0 Å². The van der Waals surface area contributed by atoms with Crippen LogP contribution in [-0.2, 0) is 20.4 Å². The Balaban J connectivity index is 0.0000160. The molecule has 0 saturated carbocycles. The zero-order valence-electron chi connectivity index (χ0n) is 25.3. The third kappa shape index (κ3) is 23.5. The van der Waals surface area contributed by atoms with Gasteiger partial charge in [-0.15, -0.1) is 0 Å². The highest BCUT2D eigenvalue weighted by atomic mass is 33.1. The number of anilines is 1. The van der Waals surface area contributed by atoms with E-state index in [9.17, 15) is 19.4 Å². The quantitative estimate of drug-likeness (QED) is 0.0416. The molecule has 0 saturated heterocycles. The molecule has 0 aliphatic heterocycles. The Bertz CT molecular complexity index is 852. The Hall–Kier alpha value is -0.590. The monoisotopic (exact) mass is 640 g/mol. The molecule has 0 aliphatic carbocycles. The van der Waals surface area contributed by atoms with E-state index >= 15 is 0 Å². The van der Waals surface area contributed by atoms with Crippen LogP contribution in [-0.4, -0.2) is 56.7 Å². The number of rotatable bonds is 28. The molecular formula is C28H57N4O6PS2. The summed E-state index contributed by atoms with van der Waals surface area (Å²) in [7, 11) is -0.0127. The highest BCUT2D eigenvalue weighted by Crippen LogP contribution is 2.42. The average molecular weight is 641 g/mol. The molecule has 41 heavy (non-hydrogen) atoms. The van der Waals surface area contributed by atoms with Gasteiger partial charge in [-0.05, 0) is 25.3 Å². The van der Waals surface area contributed by atoms with Gasteiger partial charge in [-0.25, -0.2) is 4.79 Å². The second-order valence-corrected chi connectivity index (χ2v) is 14.8. The molecule has 0 aliphatic rings. The standard InChI is InChI=1S/C28H54N3O6PS2.H3N/c1-2-3-4-5-6-7-8-9-10-11-13-16-21-39-40-22-17-14-12-15-20-37-38(34,35)25-36-26(24-32)23-31-19-18-27(29)30-28(31)33;/h18-19,26,32H,2-17,20-25H2,1H3,(H,34,35)(H2,29,30,33);1H3/t26-;/m0./s1. The highest BCUT2D eigenvalue weighted by Gasteiger charge is 2.22. The zero-order chi connectivity index (χ0) is 29.3. The van der Waals surface area contributed by atoms with Gasteiger partial charge in [0.15, 0.2) is 0 Å². The van der Waals surface area contributed by atoms with Crippen LogP contribution in [0.1, 0.15) is 110 Å². The molecule has 2 atom stereocenters. The van der Waals surface area contributed by atoms with Gasteiger partial charge in [0, 0.05) is 17.7 Å². The van der Waals surface area contributed by atoms with Gasteiger partial charge in [0.05, 0.1) is 25.9 Å². The predicted molar refractivity (Wildman–Crippen MR) is 175 cm³/mol. The van der Waals surface area contributed by atoms with E-state index in [1.165, 1.54) is 99.6 Å². The molecule has 0 bridgehead atoms. The summed E-state index contributed by atoms with van der Waals surface area (Å²) >= 11 is 0. The van der Waals surface area contributed by atoms with Crippen molar-refractivity contribution in [1.82, 2.24) is 15.7 Å². The van der Waals surface area contributed by atoms with Crippen LogP contribution in [0.15, 0.2) is 17.1 Å². The van der Waals surface area contributed by atoms with E-state index in [1.54, 1.807) is 0 Å². The summed E-state index contributed by atoms with van der Waals surface area (Å²) in [5.74, 6) is 2.46. The summed E-state index contributed by atoms with van der Waals surface area (Å²) in [5, 5.41) is 9.49. The molecule has 7 N–H and O–H groups in total. The normalized spacial score (nSPS) is 13.5. The molecule has 1 heterocycles. The first kappa shape index (κ1) is 40.4. The van der Waals surface area contributed by atoms with Gasteiger partial charge >= 0.3 is 13.3 Å². The number of hydrogen-bond donors (Lipinski definition) is 4. The molecular weight excluding hydrogens is 583 g/mol. The van der Waals surface area contributed by atoms with Gasteiger partial charge in [0.1, 0.15) is 12.2 Å². The van der Waals surface area contributed by atoms with Crippen molar-refractivity contribution in [3.05, 3.63) is 22.7 Å². The summed E-state index contributed by atoms with van der Waals surface area (Å²) in [4.78, 5) is 25.4. The first-order valence-corrected chi connectivity index (χ1v) is 19.4. The van der Waals surface area contributed by atoms with Crippen LogP contribution in [0.4, 0.5) is 5.82 Å². The number of nitrogens with zero attached hydrogens (tertiary/aromatic N) is 2. The van der Waals surface area contributed by atoms with Crippen molar-refractivity contribution < 1.29 is 23.8 Å². The van der Waals surface area contributed by atoms with E-state index in [0.29, 0.717) is 6.42 Å². The number of ether oxygens (including phenoxy) is 1. The van der Waals surface area contributed by atoms with Gasteiger partial charge in [-0.3, -0.25) is 9.13 Å². The van der Waals surface area contributed by atoms with Crippen molar-refractivity contribution in [2.45, 2.75) is 122 Å². The first-order chi connectivity index (χ1) is 19.4. The van der Waals surface area contributed by atoms with Crippen LogP contribution in [0, 0.1) is 0 Å².